The number of nitrogens with zero attached hydrogens (tertiary/aromatic N) is 1. The highest BCUT2D eigenvalue weighted by molar-refractivity contribution is 5.97. The zero-order chi connectivity index (χ0) is 13.8. The van der Waals surface area contributed by atoms with Crippen LogP contribution in [0.3, 0.4) is 0 Å². The van der Waals surface area contributed by atoms with Gasteiger partial charge in [-0.2, -0.15) is 0 Å². The molecule has 0 spiro atoms. The number of amides is 2. The average Bonchev–Trinajstić information content (AvgIpc) is 2.19. The predicted molar refractivity (Wildman–Crippen MR) is 70.2 cm³/mol. The molecule has 104 valence electrons. The summed E-state index contributed by atoms with van der Waals surface area (Å²) in [5.41, 5.74) is -0.542. The van der Waals surface area contributed by atoms with E-state index in [1.165, 1.54) is 24.2 Å². The van der Waals surface area contributed by atoms with Crippen molar-refractivity contribution >= 4 is 12.0 Å². The maximum atomic E-state index is 11.8. The molecule has 1 atom stereocenters. The molecule has 1 fully saturated rings. The lowest BCUT2D eigenvalue weighted by molar-refractivity contribution is -0.144. The Balaban J connectivity index is 2.38. The van der Waals surface area contributed by atoms with E-state index in [9.17, 15) is 9.59 Å². The summed E-state index contributed by atoms with van der Waals surface area (Å²) in [5, 5.41) is 0. The van der Waals surface area contributed by atoms with Crippen molar-refractivity contribution in [3.8, 4) is 0 Å². The normalized spacial score (nSPS) is 19.7. The first kappa shape index (κ1) is 15.0. The second-order valence-electron chi connectivity index (χ2n) is 5.95. The molecule has 2 amide bonds. The van der Waals surface area contributed by atoms with Crippen LogP contribution in [0.15, 0.2) is 0 Å². The van der Waals surface area contributed by atoms with E-state index in [2.05, 4.69) is 6.92 Å². The van der Waals surface area contributed by atoms with Gasteiger partial charge in [0.15, 0.2) is 0 Å². The number of likely N-dealkylation sites (tertiary alicyclic amines) is 1. The Kier molecular flexibility index (Phi) is 5.17. The Bertz CT molecular complexity index is 307. The summed E-state index contributed by atoms with van der Waals surface area (Å²) in [7, 11) is 0. The molecule has 0 radical (unpaired) electrons. The molecule has 1 heterocycles. The largest absolute Gasteiger partial charge is 0.443 e. The van der Waals surface area contributed by atoms with Crippen molar-refractivity contribution in [3.63, 3.8) is 0 Å². The first-order valence-electron chi connectivity index (χ1n) is 6.90. The van der Waals surface area contributed by atoms with Crippen molar-refractivity contribution in [3.05, 3.63) is 0 Å². The lowest BCUT2D eigenvalue weighted by Gasteiger charge is -2.39. The minimum Gasteiger partial charge on any atom is -0.443 e. The van der Waals surface area contributed by atoms with Crippen LogP contribution in [0.5, 0.6) is 0 Å². The van der Waals surface area contributed by atoms with Gasteiger partial charge in [0.25, 0.3) is 0 Å². The van der Waals surface area contributed by atoms with E-state index in [0.29, 0.717) is 6.42 Å². The Hall–Kier alpha value is -1.06. The quantitative estimate of drug-likeness (QED) is 0.558. The number of rotatable bonds is 5. The number of ether oxygens (including phenoxy) is 1. The summed E-state index contributed by atoms with van der Waals surface area (Å²) in [6, 6.07) is 0.0595. The molecule has 0 aromatic carbocycles. The first-order valence-corrected chi connectivity index (χ1v) is 6.90. The molecular weight excluding hydrogens is 230 g/mol. The van der Waals surface area contributed by atoms with Gasteiger partial charge in [-0.3, -0.25) is 4.79 Å². The summed E-state index contributed by atoms with van der Waals surface area (Å²) in [4.78, 5) is 24.6. The first-order chi connectivity index (χ1) is 8.35. The number of imide groups is 1. The maximum absolute atomic E-state index is 11.8. The molecule has 1 aliphatic rings. The molecule has 0 N–H and O–H groups in total. The van der Waals surface area contributed by atoms with E-state index in [1.54, 1.807) is 0 Å². The van der Waals surface area contributed by atoms with Crippen molar-refractivity contribution < 1.29 is 14.3 Å². The highest BCUT2D eigenvalue weighted by Crippen LogP contribution is 2.26. The molecule has 1 saturated heterocycles. The molecule has 1 unspecified atom stereocenters. The van der Waals surface area contributed by atoms with Gasteiger partial charge in [-0.25, -0.2) is 9.69 Å². The molecule has 0 saturated carbocycles. The highest BCUT2D eigenvalue weighted by atomic mass is 16.6. The van der Waals surface area contributed by atoms with Crippen LogP contribution in [0, 0.1) is 0 Å². The van der Waals surface area contributed by atoms with Crippen molar-refractivity contribution in [1.29, 1.82) is 0 Å². The van der Waals surface area contributed by atoms with Crippen LogP contribution in [0.1, 0.15) is 66.2 Å². The van der Waals surface area contributed by atoms with Gasteiger partial charge in [0, 0.05) is 6.42 Å². The van der Waals surface area contributed by atoms with Crippen LogP contribution < -0.4 is 0 Å². The average molecular weight is 255 g/mol. The summed E-state index contributed by atoms with van der Waals surface area (Å²) >= 11 is 0. The van der Waals surface area contributed by atoms with Crippen LogP contribution in [-0.2, 0) is 9.53 Å². The summed E-state index contributed by atoms with van der Waals surface area (Å²) < 4.78 is 5.24. The molecule has 0 bridgehead atoms. The van der Waals surface area contributed by atoms with Gasteiger partial charge in [0.1, 0.15) is 5.60 Å². The minimum atomic E-state index is -0.542. The molecule has 1 rings (SSSR count). The Morgan fingerprint density at radius 1 is 1.33 bits per heavy atom. The molecule has 4 heteroatoms. The topological polar surface area (TPSA) is 46.6 Å². The molecule has 1 aliphatic heterocycles. The van der Waals surface area contributed by atoms with Gasteiger partial charge >= 0.3 is 6.09 Å². The molecule has 18 heavy (non-hydrogen) atoms. The zero-order valence-corrected chi connectivity index (χ0v) is 12.0. The maximum Gasteiger partial charge on any atom is 0.417 e. The number of carbonyl (C=O) groups excluding carboxylic acids is 2. The second-order valence-corrected chi connectivity index (χ2v) is 5.95. The summed E-state index contributed by atoms with van der Waals surface area (Å²) in [5.74, 6) is -0.107. The number of β-lactam (4-membered cyclic amide) rings is 1. The monoisotopic (exact) mass is 255 g/mol. The zero-order valence-electron chi connectivity index (χ0n) is 12.0. The lowest BCUT2D eigenvalue weighted by Crippen LogP contribution is -2.56. The predicted octanol–water partition coefficient (Wildman–Crippen LogP) is 3.49. The third kappa shape index (κ3) is 4.31. The van der Waals surface area contributed by atoms with Crippen LogP contribution in [-0.4, -0.2) is 28.5 Å². The van der Waals surface area contributed by atoms with Gasteiger partial charge in [0.2, 0.25) is 5.91 Å². The van der Waals surface area contributed by atoms with Crippen LogP contribution in [0.25, 0.3) is 0 Å². The van der Waals surface area contributed by atoms with E-state index in [4.69, 9.17) is 4.74 Å². The highest BCUT2D eigenvalue weighted by Gasteiger charge is 2.42. The summed E-state index contributed by atoms with van der Waals surface area (Å²) in [6.45, 7) is 7.60. The van der Waals surface area contributed by atoms with Crippen molar-refractivity contribution in [2.45, 2.75) is 77.9 Å². The number of hydrogen-bond acceptors (Lipinski definition) is 3. The van der Waals surface area contributed by atoms with E-state index in [-0.39, 0.29) is 11.9 Å². The summed E-state index contributed by atoms with van der Waals surface area (Å²) in [6.07, 6.45) is 5.57. The smallest absolute Gasteiger partial charge is 0.417 e. The van der Waals surface area contributed by atoms with Crippen molar-refractivity contribution in [1.82, 2.24) is 4.90 Å². The van der Waals surface area contributed by atoms with E-state index in [1.807, 2.05) is 20.8 Å². The van der Waals surface area contributed by atoms with Gasteiger partial charge in [-0.15, -0.1) is 0 Å². The van der Waals surface area contributed by atoms with E-state index < -0.39 is 11.7 Å². The molecule has 0 aromatic rings. The fourth-order valence-corrected chi connectivity index (χ4v) is 2.08. The second kappa shape index (κ2) is 6.21. The van der Waals surface area contributed by atoms with Crippen molar-refractivity contribution in [2.75, 3.05) is 0 Å². The fourth-order valence-electron chi connectivity index (χ4n) is 2.08. The fraction of sp³-hybridized carbons (Fsp3) is 0.857. The lowest BCUT2D eigenvalue weighted by atomic mass is 9.96. The standard InChI is InChI=1S/C14H25NO3/c1-5-6-7-8-9-11-10-12(16)15(11)13(17)18-14(2,3)4/h11H,5-10H2,1-4H3. The molecule has 0 aromatic heterocycles. The van der Waals surface area contributed by atoms with Crippen LogP contribution >= 0.6 is 0 Å². The van der Waals surface area contributed by atoms with Crippen molar-refractivity contribution in [2.24, 2.45) is 0 Å². The Morgan fingerprint density at radius 3 is 2.50 bits per heavy atom. The third-order valence-electron chi connectivity index (χ3n) is 3.03. The van der Waals surface area contributed by atoms with Gasteiger partial charge in [0.05, 0.1) is 6.04 Å². The third-order valence-corrected chi connectivity index (χ3v) is 3.03. The molecule has 0 aliphatic carbocycles. The van der Waals surface area contributed by atoms with Crippen LogP contribution in [0.2, 0.25) is 0 Å². The van der Waals surface area contributed by atoms with Crippen LogP contribution in [0.4, 0.5) is 4.79 Å². The number of unbranched alkanes of at least 4 members (excludes halogenated alkanes) is 3. The van der Waals surface area contributed by atoms with Gasteiger partial charge < -0.3 is 4.74 Å². The molecule has 4 nitrogen and oxygen atoms in total. The molecular formula is C14H25NO3. The van der Waals surface area contributed by atoms with E-state index >= 15 is 0 Å². The number of hydrogen-bond donors (Lipinski definition) is 0. The Labute approximate surface area is 110 Å². The van der Waals surface area contributed by atoms with Gasteiger partial charge in [-0.05, 0) is 27.2 Å². The van der Waals surface area contributed by atoms with E-state index in [0.717, 1.165) is 12.8 Å². The number of carbonyl (C=O) groups is 2. The Morgan fingerprint density at radius 2 is 2.00 bits per heavy atom. The minimum absolute atomic E-state index is 0.0595. The SMILES string of the molecule is CCCCCCC1CC(=O)N1C(=O)OC(C)(C)C. The van der Waals surface area contributed by atoms with Gasteiger partial charge in [-0.1, -0.05) is 32.6 Å².